The molecule has 29 heavy (non-hydrogen) atoms. The van der Waals surface area contributed by atoms with Gasteiger partial charge in [-0.3, -0.25) is 19.2 Å². The molecule has 0 aliphatic heterocycles. The van der Waals surface area contributed by atoms with Gasteiger partial charge < -0.3 is 25.1 Å². The molecule has 152 valence electrons. The van der Waals surface area contributed by atoms with Crippen molar-refractivity contribution >= 4 is 23.7 Å². The van der Waals surface area contributed by atoms with Gasteiger partial charge in [0.1, 0.15) is 6.54 Å². The number of amides is 3. The fourth-order valence-corrected chi connectivity index (χ4v) is 2.47. The van der Waals surface area contributed by atoms with Gasteiger partial charge in [0, 0.05) is 11.6 Å². The number of carbonyl (C=O) groups is 4. The molecule has 1 aromatic carbocycles. The first-order valence-corrected chi connectivity index (χ1v) is 9.16. The second kappa shape index (κ2) is 9.54. The maximum absolute atomic E-state index is 12.4. The minimum Gasteiger partial charge on any atom is -0.459 e. The number of furan rings is 1. The average Bonchev–Trinajstić information content (AvgIpc) is 3.37. The van der Waals surface area contributed by atoms with Crippen molar-refractivity contribution in [2.24, 2.45) is 0 Å². The molecule has 0 radical (unpaired) electrons. The van der Waals surface area contributed by atoms with E-state index in [9.17, 15) is 19.2 Å². The van der Waals surface area contributed by atoms with E-state index >= 15 is 0 Å². The molecule has 2 aromatic rings. The Labute approximate surface area is 166 Å². The Kier molecular flexibility index (Phi) is 6.62. The Balaban J connectivity index is 1.47. The number of hydrogen-bond acceptors (Lipinski definition) is 6. The fraction of sp³-hybridized carbons (Fsp3) is 0.300. The molecular formula is C20H21N3O6. The van der Waals surface area contributed by atoms with Crippen molar-refractivity contribution in [1.29, 1.82) is 0 Å². The lowest BCUT2D eigenvalue weighted by molar-refractivity contribution is -0.156. The molecule has 3 N–H and O–H groups in total. The van der Waals surface area contributed by atoms with Crippen molar-refractivity contribution in [2.75, 3.05) is 13.1 Å². The van der Waals surface area contributed by atoms with Crippen LogP contribution in [-0.2, 0) is 19.1 Å². The Bertz CT molecular complexity index is 862. The van der Waals surface area contributed by atoms with Crippen molar-refractivity contribution < 1.29 is 28.3 Å². The molecule has 9 nitrogen and oxygen atoms in total. The number of rotatable bonds is 9. The van der Waals surface area contributed by atoms with Crippen LogP contribution >= 0.6 is 0 Å². The number of hydrogen-bond donors (Lipinski definition) is 3. The summed E-state index contributed by atoms with van der Waals surface area (Å²) in [5.41, 5.74) is 0.538. The largest absolute Gasteiger partial charge is 0.459 e. The summed E-state index contributed by atoms with van der Waals surface area (Å²) in [5, 5.41) is 7.51. The Morgan fingerprint density at radius 1 is 1.00 bits per heavy atom. The van der Waals surface area contributed by atoms with E-state index in [0.717, 1.165) is 12.8 Å². The smallest absolute Gasteiger partial charge is 0.326 e. The first kappa shape index (κ1) is 20.1. The standard InChI is InChI=1S/C20H21N3O6/c24-16(11-22-19(26)15-7-4-10-28-15)21-12-17(25)29-18(13-5-2-1-3-6-13)20(27)23-14-8-9-14/h1-7,10,14,18H,8-9,11-12H2,(H,21,24)(H,22,26)(H,23,27)/t18-/m0/s1. The summed E-state index contributed by atoms with van der Waals surface area (Å²) in [6, 6.07) is 11.8. The zero-order valence-corrected chi connectivity index (χ0v) is 15.6. The average molecular weight is 399 g/mol. The van der Waals surface area contributed by atoms with Crippen molar-refractivity contribution in [3.63, 3.8) is 0 Å². The van der Waals surface area contributed by atoms with Crippen molar-refractivity contribution in [3.8, 4) is 0 Å². The molecule has 0 saturated heterocycles. The molecule has 1 saturated carbocycles. The highest BCUT2D eigenvalue weighted by Gasteiger charge is 2.30. The van der Waals surface area contributed by atoms with Crippen LogP contribution in [0.1, 0.15) is 35.1 Å². The molecule has 0 spiro atoms. The molecule has 1 heterocycles. The third kappa shape index (κ3) is 6.20. The molecule has 0 unspecified atom stereocenters. The zero-order chi connectivity index (χ0) is 20.6. The van der Waals surface area contributed by atoms with E-state index in [0.29, 0.717) is 5.56 Å². The highest BCUT2D eigenvalue weighted by atomic mass is 16.5. The number of ether oxygens (including phenoxy) is 1. The first-order chi connectivity index (χ1) is 14.0. The number of esters is 1. The highest BCUT2D eigenvalue weighted by Crippen LogP contribution is 2.23. The van der Waals surface area contributed by atoms with Crippen molar-refractivity contribution in [1.82, 2.24) is 16.0 Å². The van der Waals surface area contributed by atoms with E-state index in [1.54, 1.807) is 36.4 Å². The van der Waals surface area contributed by atoms with Crippen molar-refractivity contribution in [3.05, 3.63) is 60.1 Å². The van der Waals surface area contributed by atoms with Crippen LogP contribution in [0.3, 0.4) is 0 Å². The Morgan fingerprint density at radius 3 is 2.41 bits per heavy atom. The van der Waals surface area contributed by atoms with E-state index in [1.807, 2.05) is 0 Å². The van der Waals surface area contributed by atoms with Crippen LogP contribution in [0.2, 0.25) is 0 Å². The van der Waals surface area contributed by atoms with Crippen molar-refractivity contribution in [2.45, 2.75) is 25.0 Å². The molecule has 0 bridgehead atoms. The molecular weight excluding hydrogens is 378 g/mol. The van der Waals surface area contributed by atoms with Crippen LogP contribution in [-0.4, -0.2) is 42.8 Å². The van der Waals surface area contributed by atoms with Gasteiger partial charge in [0.2, 0.25) is 12.0 Å². The molecule has 3 rings (SSSR count). The second-order valence-corrected chi connectivity index (χ2v) is 6.50. The van der Waals surface area contributed by atoms with E-state index in [-0.39, 0.29) is 18.3 Å². The Morgan fingerprint density at radius 2 is 1.76 bits per heavy atom. The summed E-state index contributed by atoms with van der Waals surface area (Å²) in [4.78, 5) is 48.1. The van der Waals surface area contributed by atoms with Crippen LogP contribution in [0.15, 0.2) is 53.1 Å². The van der Waals surface area contributed by atoms with Crippen LogP contribution in [0, 0.1) is 0 Å². The third-order valence-corrected chi connectivity index (χ3v) is 4.10. The van der Waals surface area contributed by atoms with Crippen LogP contribution in [0.4, 0.5) is 0 Å². The second-order valence-electron chi connectivity index (χ2n) is 6.50. The minimum absolute atomic E-state index is 0.0737. The number of carbonyl (C=O) groups excluding carboxylic acids is 4. The monoisotopic (exact) mass is 399 g/mol. The molecule has 1 aliphatic rings. The molecule has 1 aliphatic carbocycles. The lowest BCUT2D eigenvalue weighted by atomic mass is 10.1. The third-order valence-electron chi connectivity index (χ3n) is 4.10. The van der Waals surface area contributed by atoms with Gasteiger partial charge >= 0.3 is 5.97 Å². The molecule has 9 heteroatoms. The van der Waals surface area contributed by atoms with Gasteiger partial charge in [-0.1, -0.05) is 30.3 Å². The Hall–Kier alpha value is -3.62. The zero-order valence-electron chi connectivity index (χ0n) is 15.6. The van der Waals surface area contributed by atoms with Gasteiger partial charge in [-0.05, 0) is 25.0 Å². The summed E-state index contributed by atoms with van der Waals surface area (Å²) in [6.45, 7) is -0.771. The van der Waals surface area contributed by atoms with Crippen LogP contribution in [0.25, 0.3) is 0 Å². The number of nitrogens with one attached hydrogen (secondary N) is 3. The molecule has 3 amide bonds. The van der Waals surface area contributed by atoms with E-state index < -0.39 is 36.3 Å². The highest BCUT2D eigenvalue weighted by molar-refractivity contribution is 5.94. The fourth-order valence-electron chi connectivity index (χ4n) is 2.47. The van der Waals surface area contributed by atoms with Gasteiger partial charge in [0.05, 0.1) is 12.8 Å². The van der Waals surface area contributed by atoms with Gasteiger partial charge in [0.25, 0.3) is 11.8 Å². The van der Waals surface area contributed by atoms with E-state index in [4.69, 9.17) is 9.15 Å². The summed E-state index contributed by atoms with van der Waals surface area (Å²) in [5.74, 6) is -2.22. The van der Waals surface area contributed by atoms with Gasteiger partial charge in [-0.15, -0.1) is 0 Å². The topological polar surface area (TPSA) is 127 Å². The molecule has 1 atom stereocenters. The maximum Gasteiger partial charge on any atom is 0.326 e. The van der Waals surface area contributed by atoms with E-state index in [1.165, 1.54) is 12.3 Å². The first-order valence-electron chi connectivity index (χ1n) is 9.16. The SMILES string of the molecule is O=C(CNC(=O)c1ccco1)NCC(=O)O[C@H](C(=O)NC1CC1)c1ccccc1. The summed E-state index contributed by atoms with van der Waals surface area (Å²) < 4.78 is 10.2. The van der Waals surface area contributed by atoms with Gasteiger partial charge in [0.15, 0.2) is 5.76 Å². The molecule has 1 fully saturated rings. The van der Waals surface area contributed by atoms with Crippen LogP contribution < -0.4 is 16.0 Å². The van der Waals surface area contributed by atoms with Gasteiger partial charge in [-0.2, -0.15) is 0 Å². The summed E-state index contributed by atoms with van der Waals surface area (Å²) in [7, 11) is 0. The predicted molar refractivity (Wildman–Crippen MR) is 100 cm³/mol. The minimum atomic E-state index is -1.10. The summed E-state index contributed by atoms with van der Waals surface area (Å²) >= 11 is 0. The normalized spacial score (nSPS) is 13.8. The lowest BCUT2D eigenvalue weighted by Gasteiger charge is -2.18. The van der Waals surface area contributed by atoms with E-state index in [2.05, 4.69) is 16.0 Å². The summed E-state index contributed by atoms with van der Waals surface area (Å²) in [6.07, 6.45) is 2.05. The molecule has 1 aromatic heterocycles. The number of benzene rings is 1. The maximum atomic E-state index is 12.4. The predicted octanol–water partition coefficient (Wildman–Crippen LogP) is 0.689. The van der Waals surface area contributed by atoms with Crippen LogP contribution in [0.5, 0.6) is 0 Å². The lowest BCUT2D eigenvalue weighted by Crippen LogP contribution is -2.40. The van der Waals surface area contributed by atoms with Gasteiger partial charge in [-0.25, -0.2) is 0 Å². The quantitative estimate of drug-likeness (QED) is 0.533.